The Morgan fingerprint density at radius 1 is 1.29 bits per heavy atom. The van der Waals surface area contributed by atoms with E-state index in [1.165, 1.54) is 6.07 Å². The third-order valence-electron chi connectivity index (χ3n) is 8.23. The largest absolute Gasteiger partial charge is 0.474 e. The van der Waals surface area contributed by atoms with E-state index >= 15 is 0 Å². The van der Waals surface area contributed by atoms with E-state index in [4.69, 9.17) is 15.2 Å². The summed E-state index contributed by atoms with van der Waals surface area (Å²) in [6, 6.07) is 7.47. The Kier molecular flexibility index (Phi) is 5.05. The molecule has 0 amide bonds. The van der Waals surface area contributed by atoms with Gasteiger partial charge in [-0.3, -0.25) is 4.90 Å². The van der Waals surface area contributed by atoms with Crippen LogP contribution in [0.5, 0.6) is 5.88 Å². The highest BCUT2D eigenvalue weighted by molar-refractivity contribution is 5.63. The molecule has 34 heavy (non-hydrogen) atoms. The molecule has 0 bridgehead atoms. The van der Waals surface area contributed by atoms with E-state index < -0.39 is 17.6 Å². The molecule has 6 nitrogen and oxygen atoms in total. The Hall–Kier alpha value is -2.76. The highest BCUT2D eigenvalue weighted by atomic mass is 19.1. The number of nitriles is 1. The summed E-state index contributed by atoms with van der Waals surface area (Å²) >= 11 is 0. The zero-order chi connectivity index (χ0) is 23.5. The topological polar surface area (TPSA) is 84.4 Å². The molecular formula is C26H28F2N4O2. The first-order chi connectivity index (χ1) is 16.4. The molecule has 4 aliphatic rings. The van der Waals surface area contributed by atoms with Crippen LogP contribution in [0.4, 0.5) is 14.5 Å². The summed E-state index contributed by atoms with van der Waals surface area (Å²) < 4.78 is 41.3. The lowest BCUT2D eigenvalue weighted by atomic mass is 9.72. The van der Waals surface area contributed by atoms with Gasteiger partial charge in [0.25, 0.3) is 5.88 Å². The monoisotopic (exact) mass is 466 g/mol. The van der Waals surface area contributed by atoms with Crippen LogP contribution in [0.25, 0.3) is 0 Å². The van der Waals surface area contributed by atoms with E-state index in [2.05, 4.69) is 16.0 Å². The van der Waals surface area contributed by atoms with Gasteiger partial charge in [0.05, 0.1) is 23.4 Å². The van der Waals surface area contributed by atoms with Crippen molar-refractivity contribution in [2.45, 2.75) is 68.9 Å². The van der Waals surface area contributed by atoms with Gasteiger partial charge in [-0.25, -0.2) is 13.8 Å². The first-order valence-corrected chi connectivity index (χ1v) is 12.1. The van der Waals surface area contributed by atoms with E-state index in [0.29, 0.717) is 36.2 Å². The van der Waals surface area contributed by atoms with Crippen molar-refractivity contribution in [1.82, 2.24) is 9.88 Å². The molecule has 1 aromatic carbocycles. The van der Waals surface area contributed by atoms with Gasteiger partial charge in [0, 0.05) is 36.2 Å². The minimum Gasteiger partial charge on any atom is -0.474 e. The lowest BCUT2D eigenvalue weighted by molar-refractivity contribution is -0.0858. The van der Waals surface area contributed by atoms with Crippen LogP contribution in [0, 0.1) is 17.1 Å². The number of aromatic nitrogens is 1. The standard InChI is InChI=1S/C26H28F2N4O2/c27-18-10-25(6-2-8-32(25)13-18)15-33-24-20(28)9-17-14-34-26(11-22(17)31-24)7-1-3-16-4-5-21(30)19(12-29)23(16)26/h4-5,9,18H,1-3,6-8,10-11,13-15,30H2/t18-,25+,26+/m1/s1. The number of pyridine rings is 1. The Bertz CT molecular complexity index is 1200. The van der Waals surface area contributed by atoms with Gasteiger partial charge >= 0.3 is 0 Å². The number of ether oxygens (including phenoxy) is 2. The number of nitrogen functional groups attached to an aromatic ring is 1. The average Bonchev–Trinajstić information content (AvgIpc) is 3.34. The molecule has 3 atom stereocenters. The molecule has 0 radical (unpaired) electrons. The van der Waals surface area contributed by atoms with Gasteiger partial charge < -0.3 is 15.2 Å². The number of hydrogen-bond acceptors (Lipinski definition) is 6. The van der Waals surface area contributed by atoms with Crippen LogP contribution in [-0.2, 0) is 29.8 Å². The van der Waals surface area contributed by atoms with Crippen LogP contribution < -0.4 is 10.5 Å². The van der Waals surface area contributed by atoms with Crippen LogP contribution >= 0.6 is 0 Å². The number of aryl methyl sites for hydroxylation is 1. The summed E-state index contributed by atoms with van der Waals surface area (Å²) in [6.07, 6.45) is 4.36. The first-order valence-electron chi connectivity index (χ1n) is 12.1. The number of nitrogens with two attached hydrogens (primary N) is 1. The van der Waals surface area contributed by atoms with Crippen LogP contribution in [0.15, 0.2) is 18.2 Å². The molecule has 2 N–H and O–H groups in total. The molecular weight excluding hydrogens is 438 g/mol. The van der Waals surface area contributed by atoms with Crippen molar-refractivity contribution in [1.29, 1.82) is 5.26 Å². The van der Waals surface area contributed by atoms with E-state index in [1.807, 2.05) is 6.07 Å². The molecule has 2 aromatic rings. The number of alkyl halides is 1. The van der Waals surface area contributed by atoms with Gasteiger partial charge in [0.15, 0.2) is 5.82 Å². The van der Waals surface area contributed by atoms with Crippen molar-refractivity contribution in [3.8, 4) is 11.9 Å². The van der Waals surface area contributed by atoms with Crippen LogP contribution in [0.1, 0.15) is 60.1 Å². The molecule has 6 rings (SSSR count). The first kappa shape index (κ1) is 21.8. The number of anilines is 1. The van der Waals surface area contributed by atoms with Gasteiger partial charge in [-0.1, -0.05) is 6.07 Å². The molecule has 4 heterocycles. The molecule has 178 valence electrons. The molecule has 0 saturated carbocycles. The minimum absolute atomic E-state index is 0.0385. The van der Waals surface area contributed by atoms with E-state index in [0.717, 1.165) is 55.5 Å². The fourth-order valence-electron chi connectivity index (χ4n) is 6.64. The van der Waals surface area contributed by atoms with Crippen molar-refractivity contribution in [2.24, 2.45) is 0 Å². The zero-order valence-corrected chi connectivity index (χ0v) is 19.1. The lowest BCUT2D eigenvalue weighted by Gasteiger charge is -2.42. The second-order valence-corrected chi connectivity index (χ2v) is 10.2. The van der Waals surface area contributed by atoms with E-state index in [9.17, 15) is 14.0 Å². The zero-order valence-electron chi connectivity index (χ0n) is 19.1. The Balaban J connectivity index is 1.31. The smallest absolute Gasteiger partial charge is 0.250 e. The van der Waals surface area contributed by atoms with Crippen molar-refractivity contribution < 1.29 is 18.3 Å². The molecule has 1 aromatic heterocycles. The molecule has 1 aliphatic carbocycles. The third-order valence-corrected chi connectivity index (χ3v) is 8.23. The summed E-state index contributed by atoms with van der Waals surface area (Å²) in [5.74, 6) is -0.566. The molecule has 1 spiro atoms. The minimum atomic E-state index is -0.865. The Morgan fingerprint density at radius 3 is 3.03 bits per heavy atom. The number of halogens is 2. The number of fused-ring (bicyclic) bond motifs is 4. The van der Waals surface area contributed by atoms with Crippen LogP contribution in [0.3, 0.4) is 0 Å². The average molecular weight is 467 g/mol. The number of rotatable bonds is 3. The molecule has 2 saturated heterocycles. The van der Waals surface area contributed by atoms with Crippen LogP contribution in [0.2, 0.25) is 0 Å². The van der Waals surface area contributed by atoms with Crippen molar-refractivity contribution in [2.75, 3.05) is 25.4 Å². The highest BCUT2D eigenvalue weighted by Crippen LogP contribution is 2.47. The summed E-state index contributed by atoms with van der Waals surface area (Å²) in [5.41, 5.74) is 9.29. The summed E-state index contributed by atoms with van der Waals surface area (Å²) in [6.45, 7) is 1.72. The van der Waals surface area contributed by atoms with Gasteiger partial charge in [0.2, 0.25) is 0 Å². The summed E-state index contributed by atoms with van der Waals surface area (Å²) in [5, 5.41) is 9.83. The quantitative estimate of drug-likeness (QED) is 0.690. The predicted molar refractivity (Wildman–Crippen MR) is 121 cm³/mol. The molecule has 0 unspecified atom stereocenters. The molecule has 2 fully saturated rings. The maximum atomic E-state index is 14.9. The van der Waals surface area contributed by atoms with E-state index in [1.54, 1.807) is 6.07 Å². The number of hydrogen-bond donors (Lipinski definition) is 1. The Morgan fingerprint density at radius 2 is 2.18 bits per heavy atom. The lowest BCUT2D eigenvalue weighted by Crippen LogP contribution is -2.43. The van der Waals surface area contributed by atoms with Gasteiger partial charge in [-0.15, -0.1) is 0 Å². The van der Waals surface area contributed by atoms with Gasteiger partial charge in [-0.05, 0) is 56.3 Å². The molecule has 8 heteroatoms. The SMILES string of the molecule is N#Cc1c(N)ccc2c1[C@]1(CCC2)Cc2nc(OC[C@@]34CCCN3C[C@H](F)C4)c(F)cc2CO1. The van der Waals surface area contributed by atoms with Crippen molar-refractivity contribution in [3.63, 3.8) is 0 Å². The fraction of sp³-hybridized carbons (Fsp3) is 0.538. The second kappa shape index (κ2) is 7.89. The van der Waals surface area contributed by atoms with Gasteiger partial charge in [-0.2, -0.15) is 5.26 Å². The Labute approximate surface area is 197 Å². The molecule has 3 aliphatic heterocycles. The van der Waals surface area contributed by atoms with Crippen LogP contribution in [-0.4, -0.2) is 41.3 Å². The second-order valence-electron chi connectivity index (χ2n) is 10.2. The summed E-state index contributed by atoms with van der Waals surface area (Å²) in [4.78, 5) is 6.74. The van der Waals surface area contributed by atoms with Gasteiger partial charge in [0.1, 0.15) is 24.4 Å². The van der Waals surface area contributed by atoms with Crippen molar-refractivity contribution in [3.05, 3.63) is 52.0 Å². The number of benzene rings is 1. The van der Waals surface area contributed by atoms with E-state index in [-0.39, 0.29) is 24.6 Å². The fourth-order valence-corrected chi connectivity index (χ4v) is 6.64. The normalized spacial score (nSPS) is 30.0. The summed E-state index contributed by atoms with van der Waals surface area (Å²) in [7, 11) is 0. The van der Waals surface area contributed by atoms with Crippen molar-refractivity contribution >= 4 is 5.69 Å². The number of nitrogens with zero attached hydrogens (tertiary/aromatic N) is 3. The third kappa shape index (κ3) is 3.29. The maximum Gasteiger partial charge on any atom is 0.250 e. The maximum absolute atomic E-state index is 14.9. The highest BCUT2D eigenvalue weighted by Gasteiger charge is 2.49. The predicted octanol–water partition coefficient (Wildman–Crippen LogP) is 3.93.